The second kappa shape index (κ2) is 7.66. The maximum Gasteiger partial charge on any atom is 0.226 e. The van der Waals surface area contributed by atoms with Crippen LogP contribution in [0, 0.1) is 0 Å². The molecular formula is C18H22N2O3S. The normalized spacial score (nSPS) is 13.2. The molecule has 0 bridgehead atoms. The summed E-state index contributed by atoms with van der Waals surface area (Å²) in [5.74, 6) is 1.46. The number of hydrogen-bond donors (Lipinski definition) is 1. The molecule has 1 aliphatic rings. The number of carbonyl (C=O) groups is 1. The monoisotopic (exact) mass is 346 g/mol. The van der Waals surface area contributed by atoms with E-state index in [2.05, 4.69) is 10.3 Å². The van der Waals surface area contributed by atoms with Gasteiger partial charge in [0, 0.05) is 17.4 Å². The summed E-state index contributed by atoms with van der Waals surface area (Å²) in [6.45, 7) is 0. The number of methoxy groups -OCH3 is 2. The van der Waals surface area contributed by atoms with E-state index >= 15 is 0 Å². The molecule has 6 heteroatoms. The molecule has 1 aromatic heterocycles. The van der Waals surface area contributed by atoms with Gasteiger partial charge in [0.1, 0.15) is 11.5 Å². The fourth-order valence-corrected chi connectivity index (χ4v) is 3.92. The number of aromatic nitrogens is 1. The van der Waals surface area contributed by atoms with E-state index in [0.717, 1.165) is 35.0 Å². The molecule has 1 amide bonds. The molecule has 24 heavy (non-hydrogen) atoms. The summed E-state index contributed by atoms with van der Waals surface area (Å²) in [7, 11) is 3.24. The maximum atomic E-state index is 12.2. The SMILES string of the molecule is COc1cc(CCC(=O)Nc2nc3c(s2)CCCC3)cc(OC)c1. The topological polar surface area (TPSA) is 60.5 Å². The summed E-state index contributed by atoms with van der Waals surface area (Å²) >= 11 is 1.61. The quantitative estimate of drug-likeness (QED) is 0.868. The molecule has 0 unspecified atom stereocenters. The largest absolute Gasteiger partial charge is 0.497 e. The number of carbonyl (C=O) groups excluding carboxylic acids is 1. The van der Waals surface area contributed by atoms with Gasteiger partial charge in [-0.3, -0.25) is 4.79 Å². The molecule has 1 aliphatic carbocycles. The Balaban J connectivity index is 1.58. The van der Waals surface area contributed by atoms with Crippen LogP contribution in [0.5, 0.6) is 11.5 Å². The van der Waals surface area contributed by atoms with Crippen LogP contribution in [0.1, 0.15) is 35.4 Å². The first kappa shape index (κ1) is 16.8. The van der Waals surface area contributed by atoms with Crippen molar-refractivity contribution in [3.8, 4) is 11.5 Å². The highest BCUT2D eigenvalue weighted by atomic mass is 32.1. The van der Waals surface area contributed by atoms with Crippen LogP contribution in [0.25, 0.3) is 0 Å². The fraction of sp³-hybridized carbons (Fsp3) is 0.444. The molecule has 0 aliphatic heterocycles. The zero-order valence-electron chi connectivity index (χ0n) is 14.1. The molecule has 0 saturated carbocycles. The van der Waals surface area contributed by atoms with Crippen molar-refractivity contribution in [1.82, 2.24) is 4.98 Å². The van der Waals surface area contributed by atoms with Crippen LogP contribution in [0.15, 0.2) is 18.2 Å². The molecule has 2 aromatic rings. The van der Waals surface area contributed by atoms with Crippen LogP contribution in [-0.2, 0) is 24.1 Å². The summed E-state index contributed by atoms with van der Waals surface area (Å²) in [5, 5.41) is 3.66. The lowest BCUT2D eigenvalue weighted by Gasteiger charge is -2.08. The molecule has 0 radical (unpaired) electrons. The first-order valence-corrected chi connectivity index (χ1v) is 9.00. The van der Waals surface area contributed by atoms with Gasteiger partial charge in [0.05, 0.1) is 19.9 Å². The standard InChI is InChI=1S/C18H22N2O3S/c1-22-13-9-12(10-14(11-13)23-2)7-8-17(21)20-18-19-15-5-3-4-6-16(15)24-18/h9-11H,3-8H2,1-2H3,(H,19,20,21). The van der Waals surface area contributed by atoms with Crippen molar-refractivity contribution in [3.05, 3.63) is 34.3 Å². The lowest BCUT2D eigenvalue weighted by Crippen LogP contribution is -2.12. The lowest BCUT2D eigenvalue weighted by atomic mass is 10.0. The molecule has 1 N–H and O–H groups in total. The van der Waals surface area contributed by atoms with Gasteiger partial charge in [0.25, 0.3) is 0 Å². The van der Waals surface area contributed by atoms with E-state index in [1.165, 1.54) is 23.4 Å². The van der Waals surface area contributed by atoms with Gasteiger partial charge in [-0.1, -0.05) is 0 Å². The fourth-order valence-electron chi connectivity index (χ4n) is 2.86. The molecule has 1 heterocycles. The lowest BCUT2D eigenvalue weighted by molar-refractivity contribution is -0.116. The number of ether oxygens (including phenoxy) is 2. The third-order valence-electron chi connectivity index (χ3n) is 4.14. The maximum absolute atomic E-state index is 12.2. The van der Waals surface area contributed by atoms with Gasteiger partial charge >= 0.3 is 0 Å². The number of nitrogens with zero attached hydrogens (tertiary/aromatic N) is 1. The van der Waals surface area contributed by atoms with Crippen LogP contribution in [0.4, 0.5) is 5.13 Å². The first-order chi connectivity index (χ1) is 11.7. The highest BCUT2D eigenvalue weighted by Gasteiger charge is 2.16. The Bertz CT molecular complexity index is 681. The Kier molecular flexibility index (Phi) is 5.35. The summed E-state index contributed by atoms with van der Waals surface area (Å²) in [6.07, 6.45) is 5.57. The third kappa shape index (κ3) is 4.06. The van der Waals surface area contributed by atoms with Gasteiger partial charge < -0.3 is 14.8 Å². The summed E-state index contributed by atoms with van der Waals surface area (Å²) in [6, 6.07) is 5.68. The number of hydrogen-bond acceptors (Lipinski definition) is 5. The molecule has 0 atom stereocenters. The molecule has 0 spiro atoms. The molecule has 0 saturated heterocycles. The highest BCUT2D eigenvalue weighted by molar-refractivity contribution is 7.15. The van der Waals surface area contributed by atoms with Crippen molar-refractivity contribution in [2.24, 2.45) is 0 Å². The second-order valence-corrected chi connectivity index (χ2v) is 6.95. The predicted molar refractivity (Wildman–Crippen MR) is 95.3 cm³/mol. The number of anilines is 1. The average molecular weight is 346 g/mol. The van der Waals surface area contributed by atoms with Crippen LogP contribution < -0.4 is 14.8 Å². The number of aryl methyl sites for hydroxylation is 3. The number of thiazole rings is 1. The van der Waals surface area contributed by atoms with Crippen LogP contribution >= 0.6 is 11.3 Å². The van der Waals surface area contributed by atoms with Gasteiger partial charge in [0.2, 0.25) is 5.91 Å². The van der Waals surface area contributed by atoms with Crippen molar-refractivity contribution in [2.45, 2.75) is 38.5 Å². The first-order valence-electron chi connectivity index (χ1n) is 8.18. The zero-order chi connectivity index (χ0) is 16.9. The summed E-state index contributed by atoms with van der Waals surface area (Å²) in [4.78, 5) is 18.1. The van der Waals surface area contributed by atoms with Gasteiger partial charge in [-0.15, -0.1) is 11.3 Å². The number of rotatable bonds is 6. The average Bonchev–Trinajstić information content (AvgIpc) is 3.01. The van der Waals surface area contributed by atoms with Crippen LogP contribution in [0.2, 0.25) is 0 Å². The van der Waals surface area contributed by atoms with Crippen molar-refractivity contribution >= 4 is 22.4 Å². The Morgan fingerprint density at radius 2 is 1.88 bits per heavy atom. The van der Waals surface area contributed by atoms with E-state index in [-0.39, 0.29) is 5.91 Å². The second-order valence-electron chi connectivity index (χ2n) is 5.87. The van der Waals surface area contributed by atoms with Gasteiger partial charge in [-0.2, -0.15) is 0 Å². The number of benzene rings is 1. The minimum Gasteiger partial charge on any atom is -0.497 e. The van der Waals surface area contributed by atoms with Gasteiger partial charge in [0.15, 0.2) is 5.13 Å². The number of amides is 1. The van der Waals surface area contributed by atoms with E-state index in [1.54, 1.807) is 25.6 Å². The van der Waals surface area contributed by atoms with Crippen LogP contribution in [-0.4, -0.2) is 25.1 Å². The Hall–Kier alpha value is -2.08. The van der Waals surface area contributed by atoms with Crippen LogP contribution in [0.3, 0.4) is 0 Å². The zero-order valence-corrected chi connectivity index (χ0v) is 14.9. The van der Waals surface area contributed by atoms with E-state index in [0.29, 0.717) is 12.8 Å². The summed E-state index contributed by atoms with van der Waals surface area (Å²) in [5.41, 5.74) is 2.18. The van der Waals surface area contributed by atoms with E-state index in [9.17, 15) is 4.79 Å². The van der Waals surface area contributed by atoms with Crippen molar-refractivity contribution in [3.63, 3.8) is 0 Å². The highest BCUT2D eigenvalue weighted by Crippen LogP contribution is 2.29. The molecule has 0 fully saturated rings. The number of nitrogens with one attached hydrogen (secondary N) is 1. The predicted octanol–water partition coefficient (Wildman–Crippen LogP) is 3.61. The van der Waals surface area contributed by atoms with E-state index in [4.69, 9.17) is 9.47 Å². The Labute approximate surface area is 146 Å². The van der Waals surface area contributed by atoms with E-state index in [1.807, 2.05) is 18.2 Å². The number of fused-ring (bicyclic) bond motifs is 1. The minimum atomic E-state index is -0.0112. The van der Waals surface area contributed by atoms with Crippen molar-refractivity contribution in [2.75, 3.05) is 19.5 Å². The smallest absolute Gasteiger partial charge is 0.226 e. The van der Waals surface area contributed by atoms with Gasteiger partial charge in [-0.25, -0.2) is 4.98 Å². The Morgan fingerprint density at radius 1 is 1.17 bits per heavy atom. The third-order valence-corrected chi connectivity index (χ3v) is 5.22. The summed E-state index contributed by atoms with van der Waals surface area (Å²) < 4.78 is 10.5. The molecule has 5 nitrogen and oxygen atoms in total. The molecular weight excluding hydrogens is 324 g/mol. The minimum absolute atomic E-state index is 0.0112. The molecule has 128 valence electrons. The molecule has 3 rings (SSSR count). The van der Waals surface area contributed by atoms with Gasteiger partial charge in [-0.05, 0) is 49.8 Å². The van der Waals surface area contributed by atoms with Crippen molar-refractivity contribution < 1.29 is 14.3 Å². The Morgan fingerprint density at radius 3 is 2.54 bits per heavy atom. The van der Waals surface area contributed by atoms with E-state index < -0.39 is 0 Å². The van der Waals surface area contributed by atoms with Crippen molar-refractivity contribution in [1.29, 1.82) is 0 Å². The molecule has 1 aromatic carbocycles.